The highest BCUT2D eigenvalue weighted by molar-refractivity contribution is 6.35. The van der Waals surface area contributed by atoms with E-state index in [1.165, 1.54) is 18.2 Å². The SMILES string of the molecule is C/C(=N\NC(=O)C(C)Oc1ccc(Cl)cc1Cl)c1ccc([N+](=O)[O-])cc1. The zero-order valence-corrected chi connectivity index (χ0v) is 15.4. The van der Waals surface area contributed by atoms with Crippen molar-refractivity contribution in [3.05, 3.63) is 68.2 Å². The molecule has 9 heteroatoms. The first-order valence-electron chi connectivity index (χ1n) is 7.48. The summed E-state index contributed by atoms with van der Waals surface area (Å²) in [5.41, 5.74) is 3.50. The summed E-state index contributed by atoms with van der Waals surface area (Å²) in [6.07, 6.45) is -0.845. The van der Waals surface area contributed by atoms with Crippen LogP contribution in [0.5, 0.6) is 5.75 Å². The van der Waals surface area contributed by atoms with Gasteiger partial charge in [-0.05, 0) is 49.7 Å². The summed E-state index contributed by atoms with van der Waals surface area (Å²) in [5.74, 6) is -0.146. The van der Waals surface area contributed by atoms with Crippen molar-refractivity contribution in [2.45, 2.75) is 20.0 Å². The molecule has 0 saturated heterocycles. The zero-order valence-electron chi connectivity index (χ0n) is 13.9. The molecule has 0 aliphatic carbocycles. The topological polar surface area (TPSA) is 93.8 Å². The van der Waals surface area contributed by atoms with E-state index < -0.39 is 16.9 Å². The van der Waals surface area contributed by atoms with Crippen LogP contribution in [-0.4, -0.2) is 22.6 Å². The number of rotatable bonds is 6. The van der Waals surface area contributed by atoms with Crippen LogP contribution < -0.4 is 10.2 Å². The average molecular weight is 396 g/mol. The first-order valence-corrected chi connectivity index (χ1v) is 8.24. The van der Waals surface area contributed by atoms with Gasteiger partial charge < -0.3 is 4.74 Å². The highest BCUT2D eigenvalue weighted by Crippen LogP contribution is 2.28. The molecule has 1 amide bonds. The lowest BCUT2D eigenvalue weighted by atomic mass is 10.1. The van der Waals surface area contributed by atoms with Crippen molar-refractivity contribution in [2.75, 3.05) is 0 Å². The van der Waals surface area contributed by atoms with E-state index in [1.54, 1.807) is 38.1 Å². The Morgan fingerprint density at radius 1 is 1.23 bits per heavy atom. The van der Waals surface area contributed by atoms with Crippen LogP contribution in [-0.2, 0) is 4.79 Å². The Hall–Kier alpha value is -2.64. The van der Waals surface area contributed by atoms with Gasteiger partial charge in [-0.3, -0.25) is 14.9 Å². The van der Waals surface area contributed by atoms with Crippen LogP contribution in [0, 0.1) is 10.1 Å². The second-order valence-corrected chi connectivity index (χ2v) is 6.16. The van der Waals surface area contributed by atoms with Gasteiger partial charge in [0.15, 0.2) is 6.10 Å². The highest BCUT2D eigenvalue weighted by atomic mass is 35.5. The van der Waals surface area contributed by atoms with Crippen LogP contribution in [0.2, 0.25) is 10.0 Å². The molecule has 2 aromatic rings. The number of ether oxygens (including phenoxy) is 1. The minimum Gasteiger partial charge on any atom is -0.479 e. The fraction of sp³-hybridized carbons (Fsp3) is 0.176. The van der Waals surface area contributed by atoms with E-state index in [0.29, 0.717) is 27.1 Å². The van der Waals surface area contributed by atoms with Crippen molar-refractivity contribution in [3.8, 4) is 5.75 Å². The predicted molar refractivity (Wildman–Crippen MR) is 100 cm³/mol. The Kier molecular flexibility index (Phi) is 6.54. The Morgan fingerprint density at radius 3 is 2.46 bits per heavy atom. The lowest BCUT2D eigenvalue weighted by Crippen LogP contribution is -2.34. The van der Waals surface area contributed by atoms with Crippen molar-refractivity contribution >= 4 is 40.5 Å². The van der Waals surface area contributed by atoms with Gasteiger partial charge in [0.2, 0.25) is 0 Å². The number of non-ortho nitro benzene ring substituents is 1. The van der Waals surface area contributed by atoms with Crippen LogP contribution in [0.4, 0.5) is 5.69 Å². The third-order valence-electron chi connectivity index (χ3n) is 3.40. The standard InChI is InChI=1S/C17H15Cl2N3O4/c1-10(12-3-6-14(7-4-12)22(24)25)20-21-17(23)11(2)26-16-8-5-13(18)9-15(16)19/h3-9,11H,1-2H3,(H,21,23)/b20-10+. The molecule has 0 spiro atoms. The Morgan fingerprint density at radius 2 is 1.88 bits per heavy atom. The molecule has 0 heterocycles. The van der Waals surface area contributed by atoms with Gasteiger partial charge in [-0.1, -0.05) is 23.2 Å². The minimum atomic E-state index is -0.845. The minimum absolute atomic E-state index is 0.0209. The van der Waals surface area contributed by atoms with Crippen molar-refractivity contribution in [2.24, 2.45) is 5.10 Å². The number of halogens is 2. The van der Waals surface area contributed by atoms with Crippen LogP contribution in [0.1, 0.15) is 19.4 Å². The third-order valence-corrected chi connectivity index (χ3v) is 3.93. The maximum Gasteiger partial charge on any atom is 0.280 e. The fourth-order valence-electron chi connectivity index (χ4n) is 1.93. The van der Waals surface area contributed by atoms with E-state index in [-0.39, 0.29) is 5.69 Å². The monoisotopic (exact) mass is 395 g/mol. The number of nitro benzene ring substituents is 1. The van der Waals surface area contributed by atoms with E-state index in [0.717, 1.165) is 0 Å². The summed E-state index contributed by atoms with van der Waals surface area (Å²) in [5, 5.41) is 15.4. The molecule has 0 fully saturated rings. The van der Waals surface area contributed by atoms with Crippen molar-refractivity contribution in [1.82, 2.24) is 5.43 Å². The van der Waals surface area contributed by atoms with Crippen molar-refractivity contribution in [1.29, 1.82) is 0 Å². The molecule has 2 rings (SSSR count). The molecule has 1 N–H and O–H groups in total. The molecule has 0 aliphatic heterocycles. The van der Waals surface area contributed by atoms with Gasteiger partial charge in [-0.15, -0.1) is 0 Å². The van der Waals surface area contributed by atoms with E-state index in [1.807, 2.05) is 0 Å². The van der Waals surface area contributed by atoms with Gasteiger partial charge in [0.25, 0.3) is 11.6 Å². The lowest BCUT2D eigenvalue weighted by Gasteiger charge is -2.14. The normalized spacial score (nSPS) is 12.4. The number of hydrazone groups is 1. The van der Waals surface area contributed by atoms with E-state index in [9.17, 15) is 14.9 Å². The first-order chi connectivity index (χ1) is 12.3. The molecule has 0 aliphatic rings. The van der Waals surface area contributed by atoms with Gasteiger partial charge in [0.1, 0.15) is 5.75 Å². The summed E-state index contributed by atoms with van der Waals surface area (Å²) in [4.78, 5) is 22.3. The molecule has 1 atom stereocenters. The van der Waals surface area contributed by atoms with Crippen LogP contribution in [0.25, 0.3) is 0 Å². The molecule has 7 nitrogen and oxygen atoms in total. The van der Waals surface area contributed by atoms with E-state index >= 15 is 0 Å². The van der Waals surface area contributed by atoms with Crippen molar-refractivity contribution in [3.63, 3.8) is 0 Å². The molecular formula is C17H15Cl2N3O4. The molecule has 2 aromatic carbocycles. The first kappa shape index (κ1) is 19.7. The molecule has 0 bridgehead atoms. The summed E-state index contributed by atoms with van der Waals surface area (Å²) >= 11 is 11.8. The number of hydrogen-bond acceptors (Lipinski definition) is 5. The second kappa shape index (κ2) is 8.64. The number of hydrogen-bond donors (Lipinski definition) is 1. The van der Waals surface area contributed by atoms with Crippen LogP contribution >= 0.6 is 23.2 Å². The third kappa shape index (κ3) is 5.18. The molecular weight excluding hydrogens is 381 g/mol. The zero-order chi connectivity index (χ0) is 19.3. The smallest absolute Gasteiger partial charge is 0.280 e. The predicted octanol–water partition coefficient (Wildman–Crippen LogP) is 4.21. The van der Waals surface area contributed by atoms with Gasteiger partial charge >= 0.3 is 0 Å². The quantitative estimate of drug-likeness (QED) is 0.450. The number of nitrogens with zero attached hydrogens (tertiary/aromatic N) is 2. The highest BCUT2D eigenvalue weighted by Gasteiger charge is 2.16. The van der Waals surface area contributed by atoms with Crippen molar-refractivity contribution < 1.29 is 14.5 Å². The van der Waals surface area contributed by atoms with E-state index in [2.05, 4.69) is 10.5 Å². The number of carbonyl (C=O) groups is 1. The van der Waals surface area contributed by atoms with Gasteiger partial charge in [0.05, 0.1) is 15.7 Å². The summed E-state index contributed by atoms with van der Waals surface area (Å²) in [6, 6.07) is 10.5. The summed E-state index contributed by atoms with van der Waals surface area (Å²) in [7, 11) is 0. The van der Waals surface area contributed by atoms with Gasteiger partial charge in [0, 0.05) is 17.2 Å². The number of nitrogens with one attached hydrogen (secondary N) is 1. The lowest BCUT2D eigenvalue weighted by molar-refractivity contribution is -0.384. The molecule has 0 radical (unpaired) electrons. The number of carbonyl (C=O) groups excluding carboxylic acids is 1. The van der Waals surface area contributed by atoms with Crippen LogP contribution in [0.15, 0.2) is 47.6 Å². The van der Waals surface area contributed by atoms with Crippen LogP contribution in [0.3, 0.4) is 0 Å². The molecule has 0 aromatic heterocycles. The van der Waals surface area contributed by atoms with Gasteiger partial charge in [-0.2, -0.15) is 5.10 Å². The molecule has 136 valence electrons. The summed E-state index contributed by atoms with van der Waals surface area (Å²) in [6.45, 7) is 3.22. The largest absolute Gasteiger partial charge is 0.479 e. The Labute approximate surface area is 159 Å². The molecule has 0 saturated carbocycles. The Balaban J connectivity index is 1.99. The number of benzene rings is 2. The maximum atomic E-state index is 12.1. The number of amides is 1. The Bertz CT molecular complexity index is 854. The fourth-order valence-corrected chi connectivity index (χ4v) is 2.39. The molecule has 1 unspecified atom stereocenters. The average Bonchev–Trinajstić information content (AvgIpc) is 2.61. The second-order valence-electron chi connectivity index (χ2n) is 5.31. The number of nitro groups is 1. The molecule has 26 heavy (non-hydrogen) atoms. The maximum absolute atomic E-state index is 12.1. The van der Waals surface area contributed by atoms with E-state index in [4.69, 9.17) is 27.9 Å². The van der Waals surface area contributed by atoms with Gasteiger partial charge in [-0.25, -0.2) is 5.43 Å². The summed E-state index contributed by atoms with van der Waals surface area (Å²) < 4.78 is 5.50.